The Balaban J connectivity index is 4.26. The Morgan fingerprint density at radius 3 is 1.74 bits per heavy atom. The van der Waals surface area contributed by atoms with Crippen molar-refractivity contribution in [2.75, 3.05) is 40.9 Å². The highest BCUT2D eigenvalue weighted by Crippen LogP contribution is 2.43. The van der Waals surface area contributed by atoms with Gasteiger partial charge in [-0.25, -0.2) is 4.57 Å². The third-order valence-electron chi connectivity index (χ3n) is 7.97. The molecule has 0 aromatic carbocycles. The number of likely N-dealkylation sites (N-methyl/N-ethyl adjacent to an activating group) is 1. The lowest BCUT2D eigenvalue weighted by Gasteiger charge is -2.26. The average Bonchev–Trinajstić information content (AvgIpc) is 3.06. The number of aliphatic hydroxyl groups excluding tert-OH is 1. The Labute approximate surface area is 306 Å². The zero-order valence-electron chi connectivity index (χ0n) is 32.4. The Morgan fingerprint density at radius 2 is 1.20 bits per heavy atom. The molecule has 0 aliphatic rings. The maximum absolute atomic E-state index is 12.7. The summed E-state index contributed by atoms with van der Waals surface area (Å²) in [6.07, 6.45) is 42.5. The van der Waals surface area contributed by atoms with E-state index in [0.717, 1.165) is 103 Å². The molecule has 0 bridgehead atoms. The SMILES string of the molecule is CC/C=C\C/C=C\C/C=C\C/C=C\C/C=C\C/C=C\CCCCCCC(=O)NC(COP(=O)(O)OCC[N+](C)(C)C)C(O)CCCCCCC. The van der Waals surface area contributed by atoms with Crippen LogP contribution in [0.3, 0.4) is 0 Å². The molecular formula is C41H74N2O6P+. The van der Waals surface area contributed by atoms with Crippen LogP contribution in [0.2, 0.25) is 0 Å². The highest BCUT2D eigenvalue weighted by Gasteiger charge is 2.28. The first-order valence-electron chi connectivity index (χ1n) is 19.3. The minimum atomic E-state index is -4.31. The second kappa shape index (κ2) is 32.8. The van der Waals surface area contributed by atoms with Crippen LogP contribution in [0.15, 0.2) is 72.9 Å². The first kappa shape index (κ1) is 47.9. The van der Waals surface area contributed by atoms with Crippen LogP contribution in [-0.2, 0) is 18.4 Å². The maximum atomic E-state index is 12.7. The van der Waals surface area contributed by atoms with Crippen LogP contribution >= 0.6 is 7.82 Å². The number of carbonyl (C=O) groups excluding carboxylic acids is 1. The van der Waals surface area contributed by atoms with E-state index >= 15 is 0 Å². The highest BCUT2D eigenvalue weighted by molar-refractivity contribution is 7.47. The van der Waals surface area contributed by atoms with Gasteiger partial charge in [0.15, 0.2) is 0 Å². The van der Waals surface area contributed by atoms with Crippen LogP contribution < -0.4 is 5.32 Å². The second-order valence-corrected chi connectivity index (χ2v) is 15.4. The van der Waals surface area contributed by atoms with Gasteiger partial charge in [-0.15, -0.1) is 0 Å². The number of rotatable bonds is 33. The van der Waals surface area contributed by atoms with Gasteiger partial charge in [0.05, 0.1) is 39.9 Å². The van der Waals surface area contributed by atoms with Crippen molar-refractivity contribution in [2.45, 2.75) is 142 Å². The minimum Gasteiger partial charge on any atom is -0.391 e. The summed E-state index contributed by atoms with van der Waals surface area (Å²) in [5.41, 5.74) is 0. The molecule has 0 saturated carbocycles. The van der Waals surface area contributed by atoms with Crippen molar-refractivity contribution in [3.8, 4) is 0 Å². The summed E-state index contributed by atoms with van der Waals surface area (Å²) in [5.74, 6) is -0.181. The maximum Gasteiger partial charge on any atom is 0.472 e. The molecule has 0 radical (unpaired) electrons. The number of phosphoric ester groups is 1. The number of hydrogen-bond donors (Lipinski definition) is 3. The number of aliphatic hydroxyl groups is 1. The largest absolute Gasteiger partial charge is 0.472 e. The number of allylic oxidation sites excluding steroid dienone is 12. The van der Waals surface area contributed by atoms with Gasteiger partial charge in [0.1, 0.15) is 13.2 Å². The summed E-state index contributed by atoms with van der Waals surface area (Å²) in [6.45, 7) is 4.62. The quantitative estimate of drug-likeness (QED) is 0.0270. The Kier molecular flexibility index (Phi) is 31.5. The molecule has 1 amide bonds. The monoisotopic (exact) mass is 722 g/mol. The van der Waals surface area contributed by atoms with Gasteiger partial charge in [-0.05, 0) is 64.2 Å². The highest BCUT2D eigenvalue weighted by atomic mass is 31.2. The molecule has 288 valence electrons. The molecule has 0 rings (SSSR count). The van der Waals surface area contributed by atoms with Gasteiger partial charge in [-0.2, -0.15) is 0 Å². The lowest BCUT2D eigenvalue weighted by atomic mass is 10.0. The van der Waals surface area contributed by atoms with E-state index < -0.39 is 20.0 Å². The number of quaternary nitrogens is 1. The van der Waals surface area contributed by atoms with Gasteiger partial charge < -0.3 is 19.8 Å². The molecule has 0 aliphatic carbocycles. The van der Waals surface area contributed by atoms with E-state index in [-0.39, 0.29) is 19.1 Å². The predicted octanol–water partition coefficient (Wildman–Crippen LogP) is 10.1. The molecular weight excluding hydrogens is 647 g/mol. The Bertz CT molecular complexity index is 1040. The molecule has 0 aromatic rings. The van der Waals surface area contributed by atoms with Crippen molar-refractivity contribution in [3.63, 3.8) is 0 Å². The van der Waals surface area contributed by atoms with Crippen molar-refractivity contribution in [1.82, 2.24) is 5.32 Å². The van der Waals surface area contributed by atoms with E-state index in [9.17, 15) is 19.4 Å². The predicted molar refractivity (Wildman–Crippen MR) is 212 cm³/mol. The molecule has 0 saturated heterocycles. The average molecular weight is 722 g/mol. The molecule has 0 heterocycles. The number of nitrogens with zero attached hydrogens (tertiary/aromatic N) is 1. The van der Waals surface area contributed by atoms with E-state index in [1.165, 1.54) is 0 Å². The third-order valence-corrected chi connectivity index (χ3v) is 8.95. The van der Waals surface area contributed by atoms with Crippen LogP contribution in [-0.4, -0.2) is 73.4 Å². The lowest BCUT2D eigenvalue weighted by molar-refractivity contribution is -0.870. The van der Waals surface area contributed by atoms with Crippen LogP contribution in [0.25, 0.3) is 0 Å². The zero-order valence-corrected chi connectivity index (χ0v) is 33.2. The minimum absolute atomic E-state index is 0.0639. The molecule has 0 spiro atoms. The van der Waals surface area contributed by atoms with E-state index in [1.54, 1.807) is 0 Å². The van der Waals surface area contributed by atoms with Gasteiger partial charge in [0.25, 0.3) is 0 Å². The molecule has 0 aliphatic heterocycles. The van der Waals surface area contributed by atoms with Crippen LogP contribution in [0.4, 0.5) is 0 Å². The fourth-order valence-corrected chi connectivity index (χ4v) is 5.60. The van der Waals surface area contributed by atoms with E-state index in [0.29, 0.717) is 23.9 Å². The topological polar surface area (TPSA) is 105 Å². The number of hydrogen-bond acceptors (Lipinski definition) is 5. The van der Waals surface area contributed by atoms with Crippen molar-refractivity contribution in [2.24, 2.45) is 0 Å². The van der Waals surface area contributed by atoms with Crippen LogP contribution in [0.1, 0.15) is 129 Å². The van der Waals surface area contributed by atoms with Gasteiger partial charge >= 0.3 is 7.82 Å². The summed E-state index contributed by atoms with van der Waals surface area (Å²) < 4.78 is 23.3. The summed E-state index contributed by atoms with van der Waals surface area (Å²) in [7, 11) is 1.57. The summed E-state index contributed by atoms with van der Waals surface area (Å²) >= 11 is 0. The van der Waals surface area contributed by atoms with Crippen molar-refractivity contribution in [3.05, 3.63) is 72.9 Å². The fourth-order valence-electron chi connectivity index (χ4n) is 4.87. The molecule has 3 N–H and O–H groups in total. The fraction of sp³-hybridized carbons (Fsp3) is 0.683. The first-order chi connectivity index (χ1) is 24.0. The number of nitrogens with one attached hydrogen (secondary N) is 1. The van der Waals surface area contributed by atoms with Gasteiger partial charge in [0, 0.05) is 6.42 Å². The molecule has 9 heteroatoms. The molecule has 0 fully saturated rings. The zero-order chi connectivity index (χ0) is 37.2. The molecule has 3 unspecified atom stereocenters. The van der Waals surface area contributed by atoms with E-state index in [1.807, 2.05) is 21.1 Å². The third kappa shape index (κ3) is 34.4. The van der Waals surface area contributed by atoms with Gasteiger partial charge in [0.2, 0.25) is 5.91 Å². The lowest BCUT2D eigenvalue weighted by Crippen LogP contribution is -2.46. The standard InChI is InChI=1S/C41H73N2O6P/c1-6-8-10-12-13-14-15-16-17-18-19-20-21-22-23-24-25-26-27-28-29-31-33-35-41(45)42-39(40(44)34-32-30-11-9-7-2)38-49-50(46,47)48-37-36-43(3,4)5/h8,10,13-14,16-17,19-20,22-23,25-26,39-40,44H,6-7,9,11-12,15,18,21,24,27-38H2,1-5H3,(H-,42,45,46,47)/p+1/b10-8-,14-13-,17-16-,20-19-,23-22-,26-25-. The van der Waals surface area contributed by atoms with Crippen molar-refractivity contribution >= 4 is 13.7 Å². The Morgan fingerprint density at radius 1 is 0.700 bits per heavy atom. The van der Waals surface area contributed by atoms with Crippen molar-refractivity contribution < 1.29 is 32.9 Å². The number of amides is 1. The molecule has 3 atom stereocenters. The summed E-state index contributed by atoms with van der Waals surface area (Å²) in [4.78, 5) is 22.9. The second-order valence-electron chi connectivity index (χ2n) is 13.9. The number of unbranched alkanes of at least 4 members (excludes halogenated alkanes) is 8. The van der Waals surface area contributed by atoms with Gasteiger partial charge in [-0.3, -0.25) is 13.8 Å². The molecule has 8 nitrogen and oxygen atoms in total. The van der Waals surface area contributed by atoms with E-state index in [4.69, 9.17) is 9.05 Å². The number of phosphoric acid groups is 1. The molecule has 0 aromatic heterocycles. The smallest absolute Gasteiger partial charge is 0.391 e. The summed E-state index contributed by atoms with van der Waals surface area (Å²) in [5, 5.41) is 13.7. The van der Waals surface area contributed by atoms with Crippen LogP contribution in [0, 0.1) is 0 Å². The van der Waals surface area contributed by atoms with Crippen molar-refractivity contribution in [1.29, 1.82) is 0 Å². The normalized spacial score (nSPS) is 15.4. The molecule has 50 heavy (non-hydrogen) atoms. The van der Waals surface area contributed by atoms with Crippen LogP contribution in [0.5, 0.6) is 0 Å². The summed E-state index contributed by atoms with van der Waals surface area (Å²) in [6, 6.07) is -0.774. The van der Waals surface area contributed by atoms with E-state index in [2.05, 4.69) is 92.1 Å². The Hall–Kier alpha value is -2.06. The number of carbonyl (C=O) groups is 1. The van der Waals surface area contributed by atoms with Gasteiger partial charge in [-0.1, -0.05) is 132 Å². The first-order valence-corrected chi connectivity index (χ1v) is 20.8.